The highest BCUT2D eigenvalue weighted by atomic mass is 35.5. The second-order valence-corrected chi connectivity index (χ2v) is 16.9. The average molecular weight is 953 g/mol. The maximum atomic E-state index is 12.8. The van der Waals surface area contributed by atoms with Crippen LogP contribution < -0.4 is 26.0 Å². The van der Waals surface area contributed by atoms with Crippen LogP contribution in [0.4, 0.5) is 4.79 Å². The van der Waals surface area contributed by atoms with Crippen molar-refractivity contribution in [3.8, 4) is 45.7 Å². The van der Waals surface area contributed by atoms with Crippen molar-refractivity contribution in [2.75, 3.05) is 7.05 Å². The van der Waals surface area contributed by atoms with Crippen LogP contribution in [0.5, 0.6) is 11.5 Å². The van der Waals surface area contributed by atoms with Gasteiger partial charge in [0.05, 0.1) is 57.4 Å². The van der Waals surface area contributed by atoms with Crippen LogP contribution in [0, 0.1) is 0 Å². The number of fused-ring (bicyclic) bond motifs is 2. The maximum absolute atomic E-state index is 12.8. The van der Waals surface area contributed by atoms with E-state index in [2.05, 4.69) is 35.8 Å². The molecule has 6 aromatic carbocycles. The topological polar surface area (TPSA) is 185 Å². The Kier molecular flexibility index (Phi) is 14.2. The summed E-state index contributed by atoms with van der Waals surface area (Å²) in [6.07, 6.45) is -0.0436. The van der Waals surface area contributed by atoms with Gasteiger partial charge in [-0.05, 0) is 99.5 Å². The Morgan fingerprint density at radius 1 is 0.691 bits per heavy atom. The van der Waals surface area contributed by atoms with Gasteiger partial charge in [-0.15, -0.1) is 5.10 Å². The fraction of sp³-hybridized carbons (Fsp3) is 0.176. The lowest BCUT2D eigenvalue weighted by molar-refractivity contribution is 0.0819. The Morgan fingerprint density at radius 3 is 1.72 bits per heavy atom. The number of hydrogen-bond acceptors (Lipinski definition) is 9. The quantitative estimate of drug-likeness (QED) is 0.0865. The van der Waals surface area contributed by atoms with Crippen molar-refractivity contribution in [2.45, 2.75) is 53.0 Å². The zero-order chi connectivity index (χ0) is 47.9. The van der Waals surface area contributed by atoms with Crippen LogP contribution in [0.2, 0.25) is 10.0 Å². The Labute approximate surface area is 401 Å². The summed E-state index contributed by atoms with van der Waals surface area (Å²) < 4.78 is 17.9. The van der Waals surface area contributed by atoms with E-state index in [1.165, 1.54) is 22.8 Å². The number of carbonyl (C=O) groups is 2. The summed E-state index contributed by atoms with van der Waals surface area (Å²) in [6, 6.07) is 40.6. The van der Waals surface area contributed by atoms with E-state index in [9.17, 15) is 14.4 Å². The lowest BCUT2D eigenvalue weighted by Crippen LogP contribution is -2.49. The van der Waals surface area contributed by atoms with E-state index in [1.54, 1.807) is 30.3 Å². The number of aromatic nitrogens is 6. The fourth-order valence-electron chi connectivity index (χ4n) is 7.05. The first-order chi connectivity index (χ1) is 32.8. The Balaban J connectivity index is 0.000000184. The number of imidazole rings is 2. The molecular weight excluding hydrogens is 906 g/mol. The van der Waals surface area contributed by atoms with Crippen LogP contribution in [-0.4, -0.2) is 65.9 Å². The molecule has 346 valence electrons. The highest BCUT2D eigenvalue weighted by Gasteiger charge is 2.19. The largest absolute Gasteiger partial charge is 0.489 e. The highest BCUT2D eigenvalue weighted by Crippen LogP contribution is 2.31. The molecule has 3 amide bonds. The first-order valence-electron chi connectivity index (χ1n) is 21.7. The third-order valence-electron chi connectivity index (χ3n) is 10.3. The molecule has 0 aliphatic heterocycles. The van der Waals surface area contributed by atoms with Crippen LogP contribution >= 0.6 is 23.2 Å². The van der Waals surface area contributed by atoms with Crippen LogP contribution in [0.25, 0.3) is 56.3 Å². The number of carbonyl (C=O) groups excluding carboxylic acids is 2. The molecule has 4 N–H and O–H groups in total. The number of halogens is 2. The van der Waals surface area contributed by atoms with Gasteiger partial charge in [0, 0.05) is 29.3 Å². The van der Waals surface area contributed by atoms with Crippen molar-refractivity contribution in [3.05, 3.63) is 171 Å². The van der Waals surface area contributed by atoms with Gasteiger partial charge >= 0.3 is 11.8 Å². The number of hydrogen-bond donors (Lipinski definition) is 4. The lowest BCUT2D eigenvalue weighted by Gasteiger charge is -2.23. The molecule has 0 spiro atoms. The minimum Gasteiger partial charge on any atom is -0.489 e. The number of rotatable bonds is 12. The average Bonchev–Trinajstić information content (AvgIpc) is 4.07. The van der Waals surface area contributed by atoms with Gasteiger partial charge in [0.1, 0.15) is 23.1 Å². The van der Waals surface area contributed by atoms with Crippen molar-refractivity contribution in [3.63, 3.8) is 0 Å². The summed E-state index contributed by atoms with van der Waals surface area (Å²) in [5.74, 6) is 1.82. The molecule has 17 heteroatoms. The Hall–Kier alpha value is -7.88. The van der Waals surface area contributed by atoms with Gasteiger partial charge in [-0.1, -0.05) is 96.0 Å². The highest BCUT2D eigenvalue weighted by molar-refractivity contribution is 6.32. The molecular formula is C51H47Cl2N9O6. The van der Waals surface area contributed by atoms with E-state index in [4.69, 9.17) is 37.1 Å². The van der Waals surface area contributed by atoms with Crippen LogP contribution in [-0.2, 0) is 13.1 Å². The second-order valence-electron chi connectivity index (χ2n) is 16.1. The predicted molar refractivity (Wildman–Crippen MR) is 264 cm³/mol. The number of aromatic amines is 2. The molecule has 0 unspecified atom stereocenters. The molecule has 15 nitrogen and oxygen atoms in total. The second kappa shape index (κ2) is 20.7. The molecule has 0 radical (unpaired) electrons. The summed E-state index contributed by atoms with van der Waals surface area (Å²) in [5.41, 5.74) is 10.9. The number of benzene rings is 6. The standard InChI is InChI=1S/C26H26ClN5O3.C25H21ClN4O3/c1-16(2)35-23-13-12-19(14-20(23)27)25(33)31-32(26(34)28-3)15-17-8-10-18(11-9-17)24-29-21-6-4-5-7-22(21)30-24;1-15(2)32-22-12-11-18(13-19(22)26)24-29-30(25(31)33-24)14-16-7-9-17(10-8-16)23-27-20-5-3-4-6-21(20)28-23/h4-14,16H,15H2,1-3H3,(H,28,34)(H,29,30)(H,31,33);3-13,15H,14H2,1-2H3,(H,27,28). The molecule has 0 aliphatic rings. The molecule has 0 saturated carbocycles. The summed E-state index contributed by atoms with van der Waals surface area (Å²) in [4.78, 5) is 53.5. The van der Waals surface area contributed by atoms with Crippen molar-refractivity contribution in [2.24, 2.45) is 0 Å². The SMILES string of the molecule is CC(C)Oc1ccc(-c2nn(Cc3ccc(-c4nc5ccccc5[nH]4)cc3)c(=O)o2)cc1Cl.CNC(=O)N(Cc1ccc(-c2nc3ccccc3[nH]2)cc1)NC(=O)c1ccc(OC(C)C)c(Cl)c1. The van der Waals surface area contributed by atoms with E-state index in [1.807, 2.05) is 125 Å². The minimum absolute atomic E-state index is 0.00345. The van der Waals surface area contributed by atoms with Gasteiger partial charge < -0.3 is 29.2 Å². The molecule has 0 bridgehead atoms. The molecule has 0 saturated heterocycles. The first-order valence-corrected chi connectivity index (χ1v) is 22.4. The number of amides is 3. The normalized spacial score (nSPS) is 11.1. The molecule has 68 heavy (non-hydrogen) atoms. The monoisotopic (exact) mass is 951 g/mol. The Morgan fingerprint density at radius 2 is 1.21 bits per heavy atom. The number of hydrazine groups is 1. The smallest absolute Gasteiger partial charge is 0.437 e. The van der Waals surface area contributed by atoms with Gasteiger partial charge in [0.25, 0.3) is 5.91 Å². The lowest BCUT2D eigenvalue weighted by atomic mass is 10.1. The fourth-order valence-corrected chi connectivity index (χ4v) is 7.50. The van der Waals surface area contributed by atoms with Gasteiger partial charge in [0.2, 0.25) is 5.89 Å². The molecule has 0 aliphatic carbocycles. The summed E-state index contributed by atoms with van der Waals surface area (Å²) in [7, 11) is 1.50. The zero-order valence-corrected chi connectivity index (χ0v) is 39.2. The molecule has 0 atom stereocenters. The summed E-state index contributed by atoms with van der Waals surface area (Å²) >= 11 is 12.6. The summed E-state index contributed by atoms with van der Waals surface area (Å²) in [6.45, 7) is 8.07. The van der Waals surface area contributed by atoms with E-state index in [0.717, 1.165) is 56.0 Å². The molecule has 3 aromatic heterocycles. The van der Waals surface area contributed by atoms with Gasteiger partial charge in [-0.3, -0.25) is 10.2 Å². The number of ether oxygens (including phenoxy) is 2. The number of para-hydroxylation sites is 4. The number of H-pyrrole nitrogens is 2. The van der Waals surface area contributed by atoms with E-state index in [-0.39, 0.29) is 31.2 Å². The molecule has 9 rings (SSSR count). The van der Waals surface area contributed by atoms with Gasteiger partial charge in [-0.2, -0.15) is 4.68 Å². The predicted octanol–water partition coefficient (Wildman–Crippen LogP) is 10.7. The van der Waals surface area contributed by atoms with E-state index >= 15 is 0 Å². The van der Waals surface area contributed by atoms with E-state index in [0.29, 0.717) is 32.7 Å². The van der Waals surface area contributed by atoms with Gasteiger partial charge in [-0.25, -0.2) is 24.6 Å². The Bertz CT molecular complexity index is 3200. The van der Waals surface area contributed by atoms with Crippen molar-refractivity contribution < 1.29 is 23.5 Å². The maximum Gasteiger partial charge on any atom is 0.437 e. The summed E-state index contributed by atoms with van der Waals surface area (Å²) in [5, 5.41) is 8.85. The molecule has 3 heterocycles. The third kappa shape index (κ3) is 11.2. The molecule has 0 fully saturated rings. The minimum atomic E-state index is -0.537. The third-order valence-corrected chi connectivity index (χ3v) is 10.9. The number of urea groups is 1. The zero-order valence-electron chi connectivity index (χ0n) is 37.7. The van der Waals surface area contributed by atoms with Crippen LogP contribution in [0.15, 0.2) is 143 Å². The van der Waals surface area contributed by atoms with Crippen LogP contribution in [0.1, 0.15) is 49.2 Å². The van der Waals surface area contributed by atoms with E-state index < -0.39 is 17.7 Å². The van der Waals surface area contributed by atoms with Crippen molar-refractivity contribution in [1.82, 2.24) is 45.5 Å². The first kappa shape index (κ1) is 46.6. The van der Waals surface area contributed by atoms with Crippen molar-refractivity contribution in [1.29, 1.82) is 0 Å². The number of nitrogens with one attached hydrogen (secondary N) is 4. The number of nitrogens with zero attached hydrogens (tertiary/aromatic N) is 5. The van der Waals surface area contributed by atoms with Crippen LogP contribution in [0.3, 0.4) is 0 Å². The van der Waals surface area contributed by atoms with Crippen molar-refractivity contribution >= 4 is 57.2 Å². The molecule has 9 aromatic rings. The van der Waals surface area contributed by atoms with Gasteiger partial charge in [0.15, 0.2) is 0 Å².